The van der Waals surface area contributed by atoms with Gasteiger partial charge in [-0.2, -0.15) is 0 Å². The third-order valence-corrected chi connectivity index (χ3v) is 4.52. The summed E-state index contributed by atoms with van der Waals surface area (Å²) in [6.07, 6.45) is -2.51. The molecule has 5 heteroatoms. The monoisotopic (exact) mass is 296 g/mol. The van der Waals surface area contributed by atoms with Gasteiger partial charge >= 0.3 is 0 Å². The molecule has 14 heavy (non-hydrogen) atoms. The van der Waals surface area contributed by atoms with Crippen LogP contribution in [0.15, 0.2) is 22.7 Å². The zero-order chi connectivity index (χ0) is 10.3. The molecular weight excluding hydrogens is 294 g/mol. The van der Waals surface area contributed by atoms with Crippen molar-refractivity contribution in [3.63, 3.8) is 0 Å². The van der Waals surface area contributed by atoms with Gasteiger partial charge in [0.2, 0.25) is 0 Å². The summed E-state index contributed by atoms with van der Waals surface area (Å²) in [5.74, 6) is 0. The normalized spacial score (nSPS) is 11.5. The van der Waals surface area contributed by atoms with Crippen LogP contribution in [-0.4, -0.2) is 0 Å². The Hall–Kier alpha value is -0.190. The molecule has 2 aromatic rings. The summed E-state index contributed by atoms with van der Waals surface area (Å²) in [6, 6.07) is 5.33. The maximum Gasteiger partial charge on any atom is 0.274 e. The van der Waals surface area contributed by atoms with Crippen LogP contribution in [0.5, 0.6) is 0 Å². The summed E-state index contributed by atoms with van der Waals surface area (Å²) in [5.41, 5.74) is 0. The molecule has 0 radical (unpaired) electrons. The highest BCUT2D eigenvalue weighted by Crippen LogP contribution is 2.43. The van der Waals surface area contributed by atoms with Crippen LogP contribution in [-0.2, 0) is 0 Å². The van der Waals surface area contributed by atoms with E-state index in [0.29, 0.717) is 5.39 Å². The average Bonchev–Trinajstić information content (AvgIpc) is 2.46. The van der Waals surface area contributed by atoms with Crippen molar-refractivity contribution < 1.29 is 8.78 Å². The first-order valence-electron chi connectivity index (χ1n) is 3.76. The summed E-state index contributed by atoms with van der Waals surface area (Å²) in [6.45, 7) is 0. The molecule has 1 aromatic carbocycles. The van der Waals surface area contributed by atoms with Crippen molar-refractivity contribution in [3.05, 3.63) is 32.6 Å². The van der Waals surface area contributed by atoms with Gasteiger partial charge < -0.3 is 0 Å². The van der Waals surface area contributed by atoms with Crippen molar-refractivity contribution in [1.29, 1.82) is 0 Å². The topological polar surface area (TPSA) is 0 Å². The lowest BCUT2D eigenvalue weighted by atomic mass is 10.2. The maximum atomic E-state index is 12.5. The molecule has 2 rings (SSSR count). The molecule has 0 amide bonds. The molecule has 0 saturated heterocycles. The van der Waals surface area contributed by atoms with Gasteiger partial charge in [0.1, 0.15) is 0 Å². The molecule has 0 unspecified atom stereocenters. The molecule has 0 bridgehead atoms. The molecule has 0 aliphatic rings. The molecular formula is C9H4BrClF2S. The van der Waals surface area contributed by atoms with Crippen LogP contribution in [0.1, 0.15) is 11.3 Å². The second kappa shape index (κ2) is 3.76. The number of thiophene rings is 1. The molecule has 0 spiro atoms. The Morgan fingerprint density at radius 3 is 2.64 bits per heavy atom. The molecule has 0 saturated carbocycles. The van der Waals surface area contributed by atoms with Crippen molar-refractivity contribution in [1.82, 2.24) is 0 Å². The Kier molecular flexibility index (Phi) is 2.77. The smallest absolute Gasteiger partial charge is 0.204 e. The Morgan fingerprint density at radius 2 is 2.07 bits per heavy atom. The number of hydrogen-bond donors (Lipinski definition) is 0. The lowest BCUT2D eigenvalue weighted by Crippen LogP contribution is -1.76. The number of rotatable bonds is 1. The Balaban J connectivity index is 2.80. The summed E-state index contributed by atoms with van der Waals surface area (Å²) in [4.78, 5) is -0.0615. The second-order valence-electron chi connectivity index (χ2n) is 2.70. The highest BCUT2D eigenvalue weighted by atomic mass is 79.9. The summed E-state index contributed by atoms with van der Waals surface area (Å²) < 4.78 is 26.6. The van der Waals surface area contributed by atoms with Crippen molar-refractivity contribution in [2.75, 3.05) is 0 Å². The predicted octanol–water partition coefficient (Wildman–Crippen LogP) is 5.25. The summed E-state index contributed by atoms with van der Waals surface area (Å²) in [7, 11) is 0. The van der Waals surface area contributed by atoms with E-state index >= 15 is 0 Å². The fourth-order valence-electron chi connectivity index (χ4n) is 1.21. The van der Waals surface area contributed by atoms with Crippen LogP contribution < -0.4 is 0 Å². The molecule has 74 valence electrons. The van der Waals surface area contributed by atoms with Crippen molar-refractivity contribution in [2.24, 2.45) is 0 Å². The Labute approximate surface area is 96.6 Å². The van der Waals surface area contributed by atoms with Gasteiger partial charge in [-0.3, -0.25) is 0 Å². The van der Waals surface area contributed by atoms with Gasteiger partial charge in [0.05, 0.1) is 14.6 Å². The van der Waals surface area contributed by atoms with Crippen LogP contribution in [0.3, 0.4) is 0 Å². The fraction of sp³-hybridized carbons (Fsp3) is 0.111. The number of benzene rings is 1. The first kappa shape index (κ1) is 10.3. The van der Waals surface area contributed by atoms with Gasteiger partial charge in [0.15, 0.2) is 0 Å². The SMILES string of the molecule is FC(F)c1sc2c(Br)cccc2c1Cl. The van der Waals surface area contributed by atoms with Gasteiger partial charge in [0, 0.05) is 9.86 Å². The quantitative estimate of drug-likeness (QED) is 0.674. The highest BCUT2D eigenvalue weighted by molar-refractivity contribution is 9.10. The van der Waals surface area contributed by atoms with Gasteiger partial charge in [-0.15, -0.1) is 11.3 Å². The summed E-state index contributed by atoms with van der Waals surface area (Å²) in [5, 5.41) is 0.850. The van der Waals surface area contributed by atoms with E-state index in [1.165, 1.54) is 0 Å². The van der Waals surface area contributed by atoms with Crippen LogP contribution in [0.4, 0.5) is 8.78 Å². The van der Waals surface area contributed by atoms with Crippen molar-refractivity contribution in [2.45, 2.75) is 6.43 Å². The van der Waals surface area contributed by atoms with E-state index in [4.69, 9.17) is 11.6 Å². The van der Waals surface area contributed by atoms with E-state index in [9.17, 15) is 8.78 Å². The molecule has 0 N–H and O–H groups in total. The minimum atomic E-state index is -2.51. The molecule has 0 atom stereocenters. The van der Waals surface area contributed by atoms with Crippen LogP contribution in [0, 0.1) is 0 Å². The minimum Gasteiger partial charge on any atom is -0.204 e. The average molecular weight is 298 g/mol. The standard InChI is InChI=1S/C9H4BrClF2S/c10-5-3-1-2-4-6(11)8(9(12)13)14-7(4)5/h1-3,9H. The lowest BCUT2D eigenvalue weighted by molar-refractivity contribution is 0.156. The first-order chi connectivity index (χ1) is 6.61. The molecule has 0 aliphatic heterocycles. The highest BCUT2D eigenvalue weighted by Gasteiger charge is 2.18. The van der Waals surface area contributed by atoms with Gasteiger partial charge in [0.25, 0.3) is 6.43 Å². The number of halogens is 4. The third-order valence-electron chi connectivity index (χ3n) is 1.83. The molecule has 0 nitrogen and oxygen atoms in total. The minimum absolute atomic E-state index is 0.0615. The first-order valence-corrected chi connectivity index (χ1v) is 5.74. The maximum absolute atomic E-state index is 12.5. The van der Waals surface area contributed by atoms with Crippen LogP contribution in [0.2, 0.25) is 5.02 Å². The van der Waals surface area contributed by atoms with Gasteiger partial charge in [-0.25, -0.2) is 8.78 Å². The molecule has 0 aliphatic carbocycles. The van der Waals surface area contributed by atoms with Crippen molar-refractivity contribution >= 4 is 49.0 Å². The number of hydrogen-bond acceptors (Lipinski definition) is 1. The second-order valence-corrected chi connectivity index (χ2v) is 4.98. The molecule has 1 heterocycles. The molecule has 0 fully saturated rings. The van der Waals surface area contributed by atoms with Gasteiger partial charge in [-0.05, 0) is 22.0 Å². The fourth-order valence-corrected chi connectivity index (χ4v) is 3.19. The van der Waals surface area contributed by atoms with E-state index in [1.807, 2.05) is 6.07 Å². The van der Waals surface area contributed by atoms with Crippen LogP contribution >= 0.6 is 38.9 Å². The van der Waals surface area contributed by atoms with Crippen molar-refractivity contribution in [3.8, 4) is 0 Å². The number of fused-ring (bicyclic) bond motifs is 1. The van der Waals surface area contributed by atoms with E-state index in [-0.39, 0.29) is 9.90 Å². The molecule has 1 aromatic heterocycles. The third kappa shape index (κ3) is 1.55. The zero-order valence-corrected chi connectivity index (χ0v) is 9.89. The van der Waals surface area contributed by atoms with E-state index in [0.717, 1.165) is 20.5 Å². The predicted molar refractivity (Wildman–Crippen MR) is 59.5 cm³/mol. The summed E-state index contributed by atoms with van der Waals surface area (Å²) >= 11 is 10.2. The Bertz CT molecular complexity index is 481. The van der Waals surface area contributed by atoms with E-state index in [2.05, 4.69) is 15.9 Å². The Morgan fingerprint density at radius 1 is 1.36 bits per heavy atom. The lowest BCUT2D eigenvalue weighted by Gasteiger charge is -1.93. The van der Waals surface area contributed by atoms with Gasteiger partial charge in [-0.1, -0.05) is 23.7 Å². The largest absolute Gasteiger partial charge is 0.274 e. The number of alkyl halides is 2. The van der Waals surface area contributed by atoms with E-state index in [1.54, 1.807) is 12.1 Å². The van der Waals surface area contributed by atoms with E-state index < -0.39 is 6.43 Å². The van der Waals surface area contributed by atoms with Crippen LogP contribution in [0.25, 0.3) is 10.1 Å². The zero-order valence-electron chi connectivity index (χ0n) is 6.73.